The highest BCUT2D eigenvalue weighted by atomic mass is 31.2. The summed E-state index contributed by atoms with van der Waals surface area (Å²) in [5, 5.41) is 0. The van der Waals surface area contributed by atoms with E-state index >= 15 is 0 Å². The van der Waals surface area contributed by atoms with Gasteiger partial charge in [-0.1, -0.05) is 60.7 Å². The van der Waals surface area contributed by atoms with Crippen LogP contribution >= 0.6 is 7.60 Å². The van der Waals surface area contributed by atoms with E-state index in [1.165, 1.54) is 6.08 Å². The molecule has 2 atom stereocenters. The van der Waals surface area contributed by atoms with Crippen LogP contribution in [0, 0.1) is 0 Å². The fourth-order valence-electron chi connectivity index (χ4n) is 2.12. The third kappa shape index (κ3) is 6.71. The SMILES string of the molecule is C=CC[P@@](=O)(Oc1ccccc1)O[C@@H](C=C)COCc1ccccc1. The molecule has 0 saturated carbocycles. The minimum Gasteiger partial charge on any atom is -0.424 e. The number of ether oxygens (including phenoxy) is 1. The number of rotatable bonds is 11. The van der Waals surface area contributed by atoms with Crippen molar-refractivity contribution < 1.29 is 18.3 Å². The molecule has 0 heterocycles. The minimum absolute atomic E-state index is 0.102. The zero-order valence-electron chi connectivity index (χ0n) is 14.1. The van der Waals surface area contributed by atoms with Crippen molar-refractivity contribution in [2.45, 2.75) is 12.7 Å². The number of allylic oxidation sites excluding steroid dienone is 1. The summed E-state index contributed by atoms with van der Waals surface area (Å²) in [6.07, 6.45) is 2.65. The first-order chi connectivity index (χ1) is 12.1. The van der Waals surface area contributed by atoms with Crippen LogP contribution in [0.15, 0.2) is 86.0 Å². The van der Waals surface area contributed by atoms with Crippen LogP contribution in [0.3, 0.4) is 0 Å². The van der Waals surface area contributed by atoms with Crippen molar-refractivity contribution in [1.29, 1.82) is 0 Å². The van der Waals surface area contributed by atoms with Gasteiger partial charge in [-0.15, -0.1) is 13.2 Å². The Bertz CT molecular complexity index is 700. The first kappa shape index (κ1) is 19.2. The maximum absolute atomic E-state index is 13.0. The molecule has 4 nitrogen and oxygen atoms in total. The van der Waals surface area contributed by atoms with Crippen molar-refractivity contribution in [3.63, 3.8) is 0 Å². The Labute approximate surface area is 149 Å². The summed E-state index contributed by atoms with van der Waals surface area (Å²) in [6.45, 7) is 8.04. The maximum atomic E-state index is 13.0. The molecule has 0 bridgehead atoms. The molecule has 0 unspecified atom stereocenters. The van der Waals surface area contributed by atoms with Gasteiger partial charge in [-0.25, -0.2) is 4.57 Å². The van der Waals surface area contributed by atoms with E-state index in [0.29, 0.717) is 12.4 Å². The second-order valence-corrected chi connectivity index (χ2v) is 7.35. The lowest BCUT2D eigenvalue weighted by molar-refractivity contribution is 0.0572. The molecule has 2 aromatic carbocycles. The Hall–Kier alpha value is -2.13. The molecule has 0 spiro atoms. The summed E-state index contributed by atoms with van der Waals surface area (Å²) in [4.78, 5) is 0. The second-order valence-electron chi connectivity index (χ2n) is 5.37. The Kier molecular flexibility index (Phi) is 7.68. The van der Waals surface area contributed by atoms with Crippen LogP contribution in [0.2, 0.25) is 0 Å². The minimum atomic E-state index is -3.40. The number of hydrogen-bond donors (Lipinski definition) is 0. The van der Waals surface area contributed by atoms with E-state index in [1.54, 1.807) is 18.2 Å². The van der Waals surface area contributed by atoms with Crippen molar-refractivity contribution in [3.05, 3.63) is 91.5 Å². The molecule has 132 valence electrons. The fourth-order valence-corrected chi connectivity index (χ4v) is 3.64. The highest BCUT2D eigenvalue weighted by Crippen LogP contribution is 2.49. The molecule has 0 N–H and O–H groups in total. The molecule has 0 saturated heterocycles. The van der Waals surface area contributed by atoms with Crippen LogP contribution in [-0.4, -0.2) is 18.9 Å². The van der Waals surface area contributed by atoms with Crippen molar-refractivity contribution in [1.82, 2.24) is 0 Å². The average molecular weight is 358 g/mol. The summed E-state index contributed by atoms with van der Waals surface area (Å²) in [6, 6.07) is 18.7. The van der Waals surface area contributed by atoms with Crippen LogP contribution in [0.5, 0.6) is 5.75 Å². The Balaban J connectivity index is 1.94. The molecule has 0 radical (unpaired) electrons. The Morgan fingerprint density at radius 3 is 2.24 bits per heavy atom. The van der Waals surface area contributed by atoms with Crippen LogP contribution in [0.1, 0.15) is 5.56 Å². The molecule has 0 aliphatic rings. The standard InChI is InChI=1S/C20H23O4P/c1-3-15-25(21,24-20-13-9-6-10-14-20)23-19(4-2)17-22-16-18-11-7-5-8-12-18/h3-14,19H,1-2,15-17H2/t19-,25-/m0/s1. The summed E-state index contributed by atoms with van der Waals surface area (Å²) in [7, 11) is -3.40. The topological polar surface area (TPSA) is 44.8 Å². The lowest BCUT2D eigenvalue weighted by atomic mass is 10.2. The Morgan fingerprint density at radius 2 is 1.64 bits per heavy atom. The van der Waals surface area contributed by atoms with E-state index in [1.807, 2.05) is 48.5 Å². The average Bonchev–Trinajstić information content (AvgIpc) is 2.62. The smallest absolute Gasteiger partial charge is 0.383 e. The van der Waals surface area contributed by atoms with E-state index in [9.17, 15) is 4.57 Å². The third-order valence-electron chi connectivity index (χ3n) is 3.29. The van der Waals surface area contributed by atoms with Gasteiger partial charge in [-0.3, -0.25) is 4.52 Å². The van der Waals surface area contributed by atoms with Gasteiger partial charge in [0.1, 0.15) is 11.9 Å². The van der Waals surface area contributed by atoms with Crippen molar-refractivity contribution in [2.75, 3.05) is 12.8 Å². The van der Waals surface area contributed by atoms with Gasteiger partial charge in [0.05, 0.1) is 19.4 Å². The summed E-state index contributed by atoms with van der Waals surface area (Å²) in [5.41, 5.74) is 1.06. The van der Waals surface area contributed by atoms with Gasteiger partial charge < -0.3 is 9.26 Å². The van der Waals surface area contributed by atoms with Gasteiger partial charge in [-0.05, 0) is 17.7 Å². The predicted molar refractivity (Wildman–Crippen MR) is 101 cm³/mol. The van der Waals surface area contributed by atoms with E-state index in [4.69, 9.17) is 13.8 Å². The highest BCUT2D eigenvalue weighted by molar-refractivity contribution is 7.54. The van der Waals surface area contributed by atoms with Gasteiger partial charge >= 0.3 is 7.60 Å². The molecule has 0 aromatic heterocycles. The molecule has 0 amide bonds. The number of benzene rings is 2. The van der Waals surface area contributed by atoms with E-state index in [-0.39, 0.29) is 12.8 Å². The van der Waals surface area contributed by atoms with Gasteiger partial charge in [0.15, 0.2) is 0 Å². The molecule has 2 rings (SSSR count). The lowest BCUT2D eigenvalue weighted by Gasteiger charge is -2.22. The van der Waals surface area contributed by atoms with E-state index < -0.39 is 13.7 Å². The molecular weight excluding hydrogens is 335 g/mol. The Morgan fingerprint density at radius 1 is 1.00 bits per heavy atom. The number of para-hydroxylation sites is 1. The monoisotopic (exact) mass is 358 g/mol. The summed E-state index contributed by atoms with van der Waals surface area (Å²) < 4.78 is 29.9. The molecule has 5 heteroatoms. The normalized spacial score (nSPS) is 14.2. The maximum Gasteiger partial charge on any atom is 0.383 e. The quantitative estimate of drug-likeness (QED) is 0.407. The largest absolute Gasteiger partial charge is 0.424 e. The number of hydrogen-bond acceptors (Lipinski definition) is 4. The van der Waals surface area contributed by atoms with Crippen LogP contribution < -0.4 is 4.52 Å². The lowest BCUT2D eigenvalue weighted by Crippen LogP contribution is -2.18. The fraction of sp³-hybridized carbons (Fsp3) is 0.200. The van der Waals surface area contributed by atoms with E-state index in [2.05, 4.69) is 13.2 Å². The zero-order valence-corrected chi connectivity index (χ0v) is 15.0. The highest BCUT2D eigenvalue weighted by Gasteiger charge is 2.28. The molecule has 0 aliphatic heterocycles. The van der Waals surface area contributed by atoms with E-state index in [0.717, 1.165) is 5.56 Å². The van der Waals surface area contributed by atoms with Gasteiger partial charge in [0.2, 0.25) is 0 Å². The molecule has 0 aliphatic carbocycles. The van der Waals surface area contributed by atoms with Crippen LogP contribution in [0.4, 0.5) is 0 Å². The summed E-state index contributed by atoms with van der Waals surface area (Å²) >= 11 is 0. The molecular formula is C20H23O4P. The van der Waals surface area contributed by atoms with Gasteiger partial charge in [0, 0.05) is 0 Å². The van der Waals surface area contributed by atoms with Crippen molar-refractivity contribution in [3.8, 4) is 5.75 Å². The van der Waals surface area contributed by atoms with Crippen molar-refractivity contribution >= 4 is 7.60 Å². The molecule has 0 fully saturated rings. The van der Waals surface area contributed by atoms with Crippen LogP contribution in [0.25, 0.3) is 0 Å². The molecule has 25 heavy (non-hydrogen) atoms. The predicted octanol–water partition coefficient (Wildman–Crippen LogP) is 5.23. The van der Waals surface area contributed by atoms with Gasteiger partial charge in [0.25, 0.3) is 0 Å². The first-order valence-corrected chi connectivity index (χ1v) is 9.75. The molecule has 2 aromatic rings. The zero-order chi connectivity index (χ0) is 18.0. The third-order valence-corrected chi connectivity index (χ3v) is 5.08. The van der Waals surface area contributed by atoms with Gasteiger partial charge in [-0.2, -0.15) is 0 Å². The van der Waals surface area contributed by atoms with Crippen molar-refractivity contribution in [2.24, 2.45) is 0 Å². The summed E-state index contributed by atoms with van der Waals surface area (Å²) in [5.74, 6) is 0.487. The first-order valence-electron chi connectivity index (χ1n) is 8.02. The second kappa shape index (κ2) is 10.00. The van der Waals surface area contributed by atoms with Crippen LogP contribution in [-0.2, 0) is 20.4 Å².